The average molecular weight is 410 g/mol. The Morgan fingerprint density at radius 3 is 1.87 bits per heavy atom. The van der Waals surface area contributed by atoms with Gasteiger partial charge in [-0.05, 0) is 45.0 Å². The van der Waals surface area contributed by atoms with E-state index >= 15 is 0 Å². The fourth-order valence-electron chi connectivity index (χ4n) is 3.29. The van der Waals surface area contributed by atoms with Crippen LogP contribution in [0.3, 0.4) is 0 Å². The predicted octanol–water partition coefficient (Wildman–Crippen LogP) is 5.25. The zero-order valence-electron chi connectivity index (χ0n) is 17.6. The molecule has 0 aliphatic carbocycles. The van der Waals surface area contributed by atoms with E-state index in [0.29, 0.717) is 22.5 Å². The zero-order valence-corrected chi connectivity index (χ0v) is 17.6. The van der Waals surface area contributed by atoms with E-state index in [9.17, 15) is 9.59 Å². The molecule has 0 N–H and O–H groups in total. The Kier molecular flexibility index (Phi) is 5.50. The van der Waals surface area contributed by atoms with Crippen LogP contribution >= 0.6 is 0 Å². The summed E-state index contributed by atoms with van der Waals surface area (Å²) in [6.07, 6.45) is 0. The Hall–Kier alpha value is -3.99. The molecule has 5 heteroatoms. The minimum atomic E-state index is -0.546. The van der Waals surface area contributed by atoms with E-state index in [1.54, 1.807) is 31.2 Å². The van der Waals surface area contributed by atoms with Gasteiger partial charge >= 0.3 is 5.97 Å². The quantitative estimate of drug-likeness (QED) is 0.333. The van der Waals surface area contributed by atoms with Gasteiger partial charge in [0.05, 0.1) is 16.9 Å². The maximum Gasteiger partial charge on any atom is 0.344 e. The third-order valence-electron chi connectivity index (χ3n) is 5.04. The summed E-state index contributed by atoms with van der Waals surface area (Å²) in [6, 6.07) is 23.7. The number of aryl methyl sites for hydroxylation is 3. The van der Waals surface area contributed by atoms with E-state index in [1.165, 1.54) is 4.68 Å². The van der Waals surface area contributed by atoms with Crippen molar-refractivity contribution in [2.24, 2.45) is 0 Å². The van der Waals surface area contributed by atoms with Crippen molar-refractivity contribution in [1.29, 1.82) is 0 Å². The van der Waals surface area contributed by atoms with Crippen LogP contribution in [0, 0.1) is 20.8 Å². The number of carbonyl (C=O) groups excluding carboxylic acids is 2. The number of ketones is 1. The highest BCUT2D eigenvalue weighted by atomic mass is 16.5. The van der Waals surface area contributed by atoms with Crippen LogP contribution in [-0.4, -0.2) is 21.5 Å². The largest absolute Gasteiger partial charge is 0.403 e. The molecule has 0 amide bonds. The minimum Gasteiger partial charge on any atom is -0.403 e. The summed E-state index contributed by atoms with van der Waals surface area (Å²) in [5.74, 6) is -0.679. The van der Waals surface area contributed by atoms with Gasteiger partial charge in [-0.1, -0.05) is 65.7 Å². The lowest BCUT2D eigenvalue weighted by atomic mass is 10.0. The Morgan fingerprint density at radius 1 is 0.742 bits per heavy atom. The molecule has 5 nitrogen and oxygen atoms in total. The number of ether oxygens (including phenoxy) is 1. The fourth-order valence-corrected chi connectivity index (χ4v) is 3.29. The number of hydrogen-bond acceptors (Lipinski definition) is 4. The number of nitrogens with zero attached hydrogens (tertiary/aromatic N) is 2. The van der Waals surface area contributed by atoms with Crippen molar-refractivity contribution in [2.45, 2.75) is 20.8 Å². The van der Waals surface area contributed by atoms with Gasteiger partial charge < -0.3 is 4.74 Å². The first kappa shape index (κ1) is 20.3. The van der Waals surface area contributed by atoms with Crippen LogP contribution in [0.1, 0.15) is 43.1 Å². The molecule has 0 atom stereocenters. The summed E-state index contributed by atoms with van der Waals surface area (Å²) in [6.45, 7) is 5.65. The third kappa shape index (κ3) is 4.16. The lowest BCUT2D eigenvalue weighted by Gasteiger charge is -2.10. The Morgan fingerprint density at radius 2 is 1.29 bits per heavy atom. The number of aromatic nitrogens is 2. The fraction of sp³-hybridized carbons (Fsp3) is 0.115. The molecule has 0 spiro atoms. The van der Waals surface area contributed by atoms with Gasteiger partial charge in [0.25, 0.3) is 0 Å². The van der Waals surface area contributed by atoms with Crippen LogP contribution in [0.25, 0.3) is 5.69 Å². The average Bonchev–Trinajstić information content (AvgIpc) is 3.10. The molecule has 0 saturated carbocycles. The number of rotatable bonds is 5. The van der Waals surface area contributed by atoms with Crippen molar-refractivity contribution in [3.05, 3.63) is 112 Å². The summed E-state index contributed by atoms with van der Waals surface area (Å²) in [5.41, 5.74) is 4.46. The molecule has 0 aliphatic heterocycles. The molecule has 154 valence electrons. The van der Waals surface area contributed by atoms with E-state index < -0.39 is 5.97 Å². The Bertz CT molecular complexity index is 1240. The molecule has 0 fully saturated rings. The van der Waals surface area contributed by atoms with Gasteiger partial charge in [0.15, 0.2) is 5.78 Å². The van der Waals surface area contributed by atoms with Crippen molar-refractivity contribution >= 4 is 11.8 Å². The highest BCUT2D eigenvalue weighted by Gasteiger charge is 2.27. The van der Waals surface area contributed by atoms with Gasteiger partial charge in [-0.15, -0.1) is 0 Å². The topological polar surface area (TPSA) is 61.2 Å². The zero-order chi connectivity index (χ0) is 22.0. The maximum atomic E-state index is 13.4. The molecule has 0 bridgehead atoms. The molecule has 0 radical (unpaired) electrons. The standard InChI is InChI=1S/C26H22N2O3/c1-17-9-13-20(14-10-17)24(29)23-19(3)27-28(22-7-5-4-6-8-22)25(23)31-26(30)21-15-11-18(2)12-16-21/h4-16H,1-3H3. The molecule has 0 aliphatic rings. The van der Waals surface area contributed by atoms with Crippen molar-refractivity contribution in [3.8, 4) is 11.6 Å². The second-order valence-corrected chi connectivity index (χ2v) is 7.46. The summed E-state index contributed by atoms with van der Waals surface area (Å²) in [5, 5.41) is 4.52. The lowest BCUT2D eigenvalue weighted by molar-refractivity contribution is 0.0721. The molecular weight excluding hydrogens is 388 g/mol. The molecule has 1 aromatic heterocycles. The second kappa shape index (κ2) is 8.40. The molecule has 0 saturated heterocycles. The van der Waals surface area contributed by atoms with Gasteiger partial charge in [-0.2, -0.15) is 9.78 Å². The van der Waals surface area contributed by atoms with Crippen molar-refractivity contribution in [1.82, 2.24) is 9.78 Å². The molecule has 4 aromatic rings. The number of carbonyl (C=O) groups is 2. The van der Waals surface area contributed by atoms with Gasteiger partial charge in [-0.3, -0.25) is 4.79 Å². The van der Waals surface area contributed by atoms with E-state index in [0.717, 1.165) is 11.1 Å². The van der Waals surface area contributed by atoms with Crippen LogP contribution in [0.5, 0.6) is 5.88 Å². The number of para-hydroxylation sites is 1. The van der Waals surface area contributed by atoms with Crippen LogP contribution in [0.2, 0.25) is 0 Å². The SMILES string of the molecule is Cc1ccc(C(=O)Oc2c(C(=O)c3ccc(C)cc3)c(C)nn2-c2ccccc2)cc1. The van der Waals surface area contributed by atoms with Crippen LogP contribution in [0.4, 0.5) is 0 Å². The summed E-state index contributed by atoms with van der Waals surface area (Å²) in [4.78, 5) is 26.3. The van der Waals surface area contributed by atoms with Crippen molar-refractivity contribution in [3.63, 3.8) is 0 Å². The van der Waals surface area contributed by atoms with Crippen LogP contribution < -0.4 is 4.74 Å². The summed E-state index contributed by atoms with van der Waals surface area (Å²) < 4.78 is 7.29. The number of hydrogen-bond donors (Lipinski definition) is 0. The van der Waals surface area contributed by atoms with E-state index in [4.69, 9.17) is 4.74 Å². The molecule has 1 heterocycles. The Balaban J connectivity index is 1.81. The molecule has 3 aromatic carbocycles. The maximum absolute atomic E-state index is 13.4. The number of esters is 1. The molecule has 0 unspecified atom stereocenters. The summed E-state index contributed by atoms with van der Waals surface area (Å²) in [7, 11) is 0. The molecule has 4 rings (SSSR count). The first-order valence-corrected chi connectivity index (χ1v) is 9.99. The number of benzene rings is 3. The predicted molar refractivity (Wildman–Crippen MR) is 119 cm³/mol. The highest BCUT2D eigenvalue weighted by molar-refractivity contribution is 6.11. The first-order chi connectivity index (χ1) is 14.9. The van der Waals surface area contributed by atoms with E-state index in [-0.39, 0.29) is 17.2 Å². The normalized spacial score (nSPS) is 10.7. The van der Waals surface area contributed by atoms with Crippen molar-refractivity contribution < 1.29 is 14.3 Å². The third-order valence-corrected chi connectivity index (χ3v) is 5.04. The van der Waals surface area contributed by atoms with Gasteiger partial charge in [0.1, 0.15) is 5.56 Å². The molecule has 31 heavy (non-hydrogen) atoms. The van der Waals surface area contributed by atoms with Crippen LogP contribution in [-0.2, 0) is 0 Å². The minimum absolute atomic E-state index is 0.111. The second-order valence-electron chi connectivity index (χ2n) is 7.46. The van der Waals surface area contributed by atoms with Crippen molar-refractivity contribution in [2.75, 3.05) is 0 Å². The highest BCUT2D eigenvalue weighted by Crippen LogP contribution is 2.29. The summed E-state index contributed by atoms with van der Waals surface area (Å²) >= 11 is 0. The lowest BCUT2D eigenvalue weighted by Crippen LogP contribution is -2.14. The smallest absolute Gasteiger partial charge is 0.344 e. The van der Waals surface area contributed by atoms with Crippen LogP contribution in [0.15, 0.2) is 78.9 Å². The molecular formula is C26H22N2O3. The van der Waals surface area contributed by atoms with Gasteiger partial charge in [0, 0.05) is 5.56 Å². The monoisotopic (exact) mass is 410 g/mol. The van der Waals surface area contributed by atoms with Gasteiger partial charge in [0.2, 0.25) is 5.88 Å². The van der Waals surface area contributed by atoms with E-state index in [1.807, 2.05) is 68.4 Å². The first-order valence-electron chi connectivity index (χ1n) is 9.99. The van der Waals surface area contributed by atoms with E-state index in [2.05, 4.69) is 5.10 Å². The van der Waals surface area contributed by atoms with Gasteiger partial charge in [-0.25, -0.2) is 4.79 Å². The Labute approximate surface area is 180 Å².